The van der Waals surface area contributed by atoms with Gasteiger partial charge in [-0.05, 0) is 30.7 Å². The third kappa shape index (κ3) is 1.50. The normalized spacial score (nSPS) is 10.8. The molecule has 1 aromatic heterocycles. The van der Waals surface area contributed by atoms with Crippen LogP contribution in [0.2, 0.25) is 0 Å². The van der Waals surface area contributed by atoms with Gasteiger partial charge in [0.1, 0.15) is 0 Å². The van der Waals surface area contributed by atoms with Crippen LogP contribution in [-0.2, 0) is 13.5 Å². The highest BCUT2D eigenvalue weighted by Crippen LogP contribution is 2.20. The summed E-state index contributed by atoms with van der Waals surface area (Å²) in [6.45, 7) is 2.09. The van der Waals surface area contributed by atoms with Crippen molar-refractivity contribution in [2.45, 2.75) is 13.3 Å². The van der Waals surface area contributed by atoms with Gasteiger partial charge in [-0.2, -0.15) is 0 Å². The van der Waals surface area contributed by atoms with Gasteiger partial charge in [0.15, 0.2) is 0 Å². The molecule has 0 aliphatic rings. The van der Waals surface area contributed by atoms with E-state index in [0.29, 0.717) is 5.56 Å². The molecule has 0 aliphatic heterocycles. The van der Waals surface area contributed by atoms with Crippen molar-refractivity contribution in [2.24, 2.45) is 7.05 Å². The van der Waals surface area contributed by atoms with E-state index < -0.39 is 5.97 Å². The molecule has 15 heavy (non-hydrogen) atoms. The Kier molecular flexibility index (Phi) is 2.23. The van der Waals surface area contributed by atoms with Crippen LogP contribution in [0.1, 0.15) is 23.0 Å². The standard InChI is InChI=1S/C12H13NO2/c1-3-10-7-9-6-8(12(14)15)4-5-11(9)13(10)2/h4-7H,3H2,1-2H3,(H,14,15). The third-order valence-electron chi connectivity index (χ3n) is 2.75. The molecule has 3 heteroatoms. The number of hydrogen-bond donors (Lipinski definition) is 1. The topological polar surface area (TPSA) is 42.2 Å². The summed E-state index contributed by atoms with van der Waals surface area (Å²) >= 11 is 0. The number of carboxylic acids is 1. The predicted octanol–water partition coefficient (Wildman–Crippen LogP) is 2.44. The molecule has 1 heterocycles. The van der Waals surface area contributed by atoms with Crippen LogP contribution in [0, 0.1) is 0 Å². The summed E-state index contributed by atoms with van der Waals surface area (Å²) in [5.41, 5.74) is 2.64. The lowest BCUT2D eigenvalue weighted by Crippen LogP contribution is -1.96. The predicted molar refractivity (Wildman–Crippen MR) is 59.3 cm³/mol. The maximum absolute atomic E-state index is 10.8. The Morgan fingerprint density at radius 3 is 2.73 bits per heavy atom. The molecule has 0 radical (unpaired) electrons. The zero-order valence-corrected chi connectivity index (χ0v) is 8.82. The van der Waals surface area contributed by atoms with Gasteiger partial charge >= 0.3 is 5.97 Å². The van der Waals surface area contributed by atoms with Crippen molar-refractivity contribution >= 4 is 16.9 Å². The van der Waals surface area contributed by atoms with E-state index >= 15 is 0 Å². The van der Waals surface area contributed by atoms with Gasteiger partial charge in [0.25, 0.3) is 0 Å². The minimum absolute atomic E-state index is 0.343. The van der Waals surface area contributed by atoms with Crippen molar-refractivity contribution in [3.8, 4) is 0 Å². The van der Waals surface area contributed by atoms with Gasteiger partial charge in [0, 0.05) is 23.6 Å². The lowest BCUT2D eigenvalue weighted by Gasteiger charge is -2.00. The summed E-state index contributed by atoms with van der Waals surface area (Å²) < 4.78 is 2.10. The van der Waals surface area contributed by atoms with Gasteiger partial charge in [-0.25, -0.2) is 4.79 Å². The summed E-state index contributed by atoms with van der Waals surface area (Å²) in [5.74, 6) is -0.876. The van der Waals surface area contributed by atoms with Gasteiger partial charge in [0.05, 0.1) is 5.56 Å². The van der Waals surface area contributed by atoms with Crippen molar-refractivity contribution < 1.29 is 9.90 Å². The zero-order valence-electron chi connectivity index (χ0n) is 8.82. The Morgan fingerprint density at radius 2 is 2.13 bits per heavy atom. The first-order chi connectivity index (χ1) is 7.13. The second kappa shape index (κ2) is 3.42. The fourth-order valence-electron chi connectivity index (χ4n) is 1.88. The molecule has 0 spiro atoms. The van der Waals surface area contributed by atoms with Gasteiger partial charge in [-0.15, -0.1) is 0 Å². The van der Waals surface area contributed by atoms with Crippen molar-refractivity contribution in [2.75, 3.05) is 0 Å². The van der Waals surface area contributed by atoms with Crippen LogP contribution < -0.4 is 0 Å². The number of carbonyl (C=O) groups is 1. The number of carboxylic acid groups (broad SMARTS) is 1. The maximum atomic E-state index is 10.8. The number of aryl methyl sites for hydroxylation is 2. The molecule has 0 amide bonds. The quantitative estimate of drug-likeness (QED) is 0.814. The number of rotatable bonds is 2. The number of fused-ring (bicyclic) bond motifs is 1. The third-order valence-corrected chi connectivity index (χ3v) is 2.75. The molecule has 0 bridgehead atoms. The Morgan fingerprint density at radius 1 is 1.40 bits per heavy atom. The van der Waals surface area contributed by atoms with E-state index in [0.717, 1.165) is 17.3 Å². The summed E-state index contributed by atoms with van der Waals surface area (Å²) in [4.78, 5) is 10.8. The molecule has 1 aromatic carbocycles. The first-order valence-corrected chi connectivity index (χ1v) is 4.95. The molecule has 0 atom stereocenters. The van der Waals surface area contributed by atoms with E-state index in [1.54, 1.807) is 12.1 Å². The van der Waals surface area contributed by atoms with Crippen LogP contribution in [0.5, 0.6) is 0 Å². The maximum Gasteiger partial charge on any atom is 0.335 e. The Hall–Kier alpha value is -1.77. The summed E-state index contributed by atoms with van der Waals surface area (Å²) in [7, 11) is 2.00. The molecular formula is C12H13NO2. The average molecular weight is 203 g/mol. The second-order valence-corrected chi connectivity index (χ2v) is 3.63. The molecular weight excluding hydrogens is 190 g/mol. The first-order valence-electron chi connectivity index (χ1n) is 4.95. The smallest absolute Gasteiger partial charge is 0.335 e. The number of nitrogens with zero attached hydrogens (tertiary/aromatic N) is 1. The van der Waals surface area contributed by atoms with Crippen molar-refractivity contribution in [1.82, 2.24) is 4.57 Å². The molecule has 0 saturated heterocycles. The minimum atomic E-state index is -0.876. The van der Waals surface area contributed by atoms with Gasteiger partial charge in [0.2, 0.25) is 0 Å². The van der Waals surface area contributed by atoms with E-state index in [1.807, 2.05) is 19.2 Å². The van der Waals surface area contributed by atoms with Gasteiger partial charge < -0.3 is 9.67 Å². The summed E-state index contributed by atoms with van der Waals surface area (Å²) in [5, 5.41) is 9.87. The lowest BCUT2D eigenvalue weighted by molar-refractivity contribution is 0.0697. The van der Waals surface area contributed by atoms with E-state index in [-0.39, 0.29) is 0 Å². The fraction of sp³-hybridized carbons (Fsp3) is 0.250. The van der Waals surface area contributed by atoms with Gasteiger partial charge in [-0.1, -0.05) is 6.92 Å². The number of aromatic carboxylic acids is 1. The highest BCUT2D eigenvalue weighted by atomic mass is 16.4. The number of aromatic nitrogens is 1. The SMILES string of the molecule is CCc1cc2cc(C(=O)O)ccc2n1C. The van der Waals surface area contributed by atoms with Gasteiger partial charge in [-0.3, -0.25) is 0 Å². The number of hydrogen-bond acceptors (Lipinski definition) is 1. The van der Waals surface area contributed by atoms with E-state index in [4.69, 9.17) is 5.11 Å². The molecule has 0 unspecified atom stereocenters. The van der Waals surface area contributed by atoms with E-state index in [9.17, 15) is 4.79 Å². The molecule has 3 nitrogen and oxygen atoms in total. The van der Waals surface area contributed by atoms with Crippen LogP contribution in [0.3, 0.4) is 0 Å². The largest absolute Gasteiger partial charge is 0.478 e. The Balaban J connectivity index is 2.68. The minimum Gasteiger partial charge on any atom is -0.478 e. The first kappa shape index (κ1) is 9.77. The Bertz CT molecular complexity index is 526. The van der Waals surface area contributed by atoms with Crippen molar-refractivity contribution in [3.05, 3.63) is 35.5 Å². The van der Waals surface area contributed by atoms with Crippen LogP contribution in [-0.4, -0.2) is 15.6 Å². The Labute approximate surface area is 87.9 Å². The lowest BCUT2D eigenvalue weighted by atomic mass is 10.1. The fourth-order valence-corrected chi connectivity index (χ4v) is 1.88. The molecule has 2 rings (SSSR count). The van der Waals surface area contributed by atoms with E-state index in [2.05, 4.69) is 11.5 Å². The van der Waals surface area contributed by atoms with Crippen LogP contribution >= 0.6 is 0 Å². The number of benzene rings is 1. The second-order valence-electron chi connectivity index (χ2n) is 3.63. The highest BCUT2D eigenvalue weighted by molar-refractivity contribution is 5.93. The molecule has 0 aliphatic carbocycles. The summed E-state index contributed by atoms with van der Waals surface area (Å²) in [6.07, 6.45) is 0.952. The average Bonchev–Trinajstić information content (AvgIpc) is 2.55. The zero-order chi connectivity index (χ0) is 11.0. The van der Waals surface area contributed by atoms with E-state index in [1.165, 1.54) is 5.69 Å². The van der Waals surface area contributed by atoms with Crippen LogP contribution in [0.15, 0.2) is 24.3 Å². The van der Waals surface area contributed by atoms with Crippen LogP contribution in [0.25, 0.3) is 10.9 Å². The monoisotopic (exact) mass is 203 g/mol. The van der Waals surface area contributed by atoms with Crippen LogP contribution in [0.4, 0.5) is 0 Å². The molecule has 0 fully saturated rings. The highest BCUT2D eigenvalue weighted by Gasteiger charge is 2.07. The molecule has 78 valence electrons. The molecule has 0 saturated carbocycles. The molecule has 1 N–H and O–H groups in total. The van der Waals surface area contributed by atoms with Crippen molar-refractivity contribution in [1.29, 1.82) is 0 Å². The molecule has 2 aromatic rings. The summed E-state index contributed by atoms with van der Waals surface area (Å²) in [6, 6.07) is 7.26. The van der Waals surface area contributed by atoms with Crippen molar-refractivity contribution in [3.63, 3.8) is 0 Å².